The van der Waals surface area contributed by atoms with Crippen molar-refractivity contribution < 1.29 is 19.4 Å². The molecule has 1 aromatic rings. The Morgan fingerprint density at radius 3 is 2.45 bits per heavy atom. The van der Waals surface area contributed by atoms with Gasteiger partial charge in [0.05, 0.1) is 12.0 Å². The molecule has 0 saturated heterocycles. The number of carbonyl (C=O) groups is 2. The minimum atomic E-state index is -1.08. The van der Waals surface area contributed by atoms with E-state index in [9.17, 15) is 9.59 Å². The number of carbonyl (C=O) groups excluding carboxylic acids is 1. The number of alkyl carbamates (subject to hydrolysis) is 1. The highest BCUT2D eigenvalue weighted by atomic mass is 16.6. The highest BCUT2D eigenvalue weighted by molar-refractivity contribution is 5.73. The number of hydrogen-bond donors (Lipinski definition) is 2. The molecule has 0 bridgehead atoms. The SMILES string of the molecule is CC(C)(C)OC(=O)NC(C)(CC(=O)O)c1cccnc1. The van der Waals surface area contributed by atoms with Crippen LogP contribution >= 0.6 is 0 Å². The summed E-state index contributed by atoms with van der Waals surface area (Å²) in [6, 6.07) is 3.40. The zero-order chi connectivity index (χ0) is 15.4. The van der Waals surface area contributed by atoms with E-state index in [1.54, 1.807) is 46.0 Å². The molecule has 2 N–H and O–H groups in total. The third-order valence-corrected chi connectivity index (χ3v) is 2.58. The number of carboxylic acid groups (broad SMARTS) is 1. The zero-order valence-electron chi connectivity index (χ0n) is 12.1. The van der Waals surface area contributed by atoms with Gasteiger partial charge in [-0.25, -0.2) is 4.79 Å². The second-order valence-electron chi connectivity index (χ2n) is 5.77. The Labute approximate surface area is 118 Å². The summed E-state index contributed by atoms with van der Waals surface area (Å²) >= 11 is 0. The summed E-state index contributed by atoms with van der Waals surface area (Å²) in [5, 5.41) is 11.7. The van der Waals surface area contributed by atoms with E-state index >= 15 is 0 Å². The predicted octanol–water partition coefficient (Wildman–Crippen LogP) is 2.30. The quantitative estimate of drug-likeness (QED) is 0.883. The highest BCUT2D eigenvalue weighted by Gasteiger charge is 2.33. The lowest BCUT2D eigenvalue weighted by molar-refractivity contribution is -0.138. The molecule has 1 atom stereocenters. The molecule has 0 aliphatic rings. The second kappa shape index (κ2) is 5.90. The smallest absolute Gasteiger partial charge is 0.408 e. The standard InChI is InChI=1S/C14H20N2O4/c1-13(2,3)20-12(19)16-14(4,8-11(17)18)10-6-5-7-15-9-10/h5-7,9H,8H2,1-4H3,(H,16,19)(H,17,18). The van der Waals surface area contributed by atoms with Crippen LogP contribution in [0.15, 0.2) is 24.5 Å². The fraction of sp³-hybridized carbons (Fsp3) is 0.500. The molecule has 1 heterocycles. The van der Waals surface area contributed by atoms with E-state index in [2.05, 4.69) is 10.3 Å². The number of nitrogens with one attached hydrogen (secondary N) is 1. The Morgan fingerprint density at radius 1 is 1.35 bits per heavy atom. The number of aliphatic carboxylic acids is 1. The first-order valence-corrected chi connectivity index (χ1v) is 6.26. The van der Waals surface area contributed by atoms with Gasteiger partial charge >= 0.3 is 12.1 Å². The van der Waals surface area contributed by atoms with Gasteiger partial charge < -0.3 is 15.2 Å². The average Bonchev–Trinajstić information content (AvgIpc) is 2.26. The third kappa shape index (κ3) is 4.87. The lowest BCUT2D eigenvalue weighted by atomic mass is 9.90. The number of hydrogen-bond acceptors (Lipinski definition) is 4. The van der Waals surface area contributed by atoms with E-state index in [4.69, 9.17) is 9.84 Å². The van der Waals surface area contributed by atoms with Gasteiger partial charge in [0.15, 0.2) is 0 Å². The van der Waals surface area contributed by atoms with Gasteiger partial charge in [-0.2, -0.15) is 0 Å². The molecule has 0 aliphatic heterocycles. The maximum Gasteiger partial charge on any atom is 0.408 e. The van der Waals surface area contributed by atoms with Crippen molar-refractivity contribution >= 4 is 12.1 Å². The second-order valence-corrected chi connectivity index (χ2v) is 5.77. The van der Waals surface area contributed by atoms with Gasteiger partial charge in [-0.15, -0.1) is 0 Å². The van der Waals surface area contributed by atoms with Crippen LogP contribution in [0.1, 0.15) is 39.7 Å². The molecule has 0 saturated carbocycles. The van der Waals surface area contributed by atoms with Crippen molar-refractivity contribution in [1.82, 2.24) is 10.3 Å². The van der Waals surface area contributed by atoms with E-state index in [0.29, 0.717) is 5.56 Å². The molecule has 1 aromatic heterocycles. The Balaban J connectivity index is 2.96. The Morgan fingerprint density at radius 2 is 2.00 bits per heavy atom. The molecule has 1 amide bonds. The van der Waals surface area contributed by atoms with Crippen LogP contribution in [0.25, 0.3) is 0 Å². The summed E-state index contributed by atoms with van der Waals surface area (Å²) in [6.45, 7) is 6.85. The van der Waals surface area contributed by atoms with Crippen LogP contribution in [0.3, 0.4) is 0 Å². The topological polar surface area (TPSA) is 88.5 Å². The van der Waals surface area contributed by atoms with Crippen LogP contribution in [0.5, 0.6) is 0 Å². The molecular weight excluding hydrogens is 260 g/mol. The average molecular weight is 280 g/mol. The lowest BCUT2D eigenvalue weighted by Gasteiger charge is -2.31. The molecule has 0 spiro atoms. The van der Waals surface area contributed by atoms with Gasteiger partial charge in [0, 0.05) is 12.4 Å². The summed E-state index contributed by atoms with van der Waals surface area (Å²) in [7, 11) is 0. The van der Waals surface area contributed by atoms with Crippen molar-refractivity contribution in [2.45, 2.75) is 45.3 Å². The molecule has 1 rings (SSSR count). The largest absolute Gasteiger partial charge is 0.481 e. The van der Waals surface area contributed by atoms with Crippen molar-refractivity contribution in [3.63, 3.8) is 0 Å². The van der Waals surface area contributed by atoms with Crippen LogP contribution in [-0.4, -0.2) is 27.8 Å². The maximum atomic E-state index is 11.9. The van der Waals surface area contributed by atoms with Crippen molar-refractivity contribution in [3.05, 3.63) is 30.1 Å². The summed E-state index contributed by atoms with van der Waals surface area (Å²) in [5.41, 5.74) is -1.13. The number of rotatable bonds is 4. The van der Waals surface area contributed by atoms with E-state index in [-0.39, 0.29) is 6.42 Å². The van der Waals surface area contributed by atoms with Crippen LogP contribution < -0.4 is 5.32 Å². The minimum Gasteiger partial charge on any atom is -0.481 e. The van der Waals surface area contributed by atoms with E-state index in [0.717, 1.165) is 0 Å². The van der Waals surface area contributed by atoms with E-state index in [1.807, 2.05) is 0 Å². The number of pyridine rings is 1. The van der Waals surface area contributed by atoms with Crippen LogP contribution in [0.2, 0.25) is 0 Å². The number of amides is 1. The first kappa shape index (κ1) is 15.9. The monoisotopic (exact) mass is 280 g/mol. The highest BCUT2D eigenvalue weighted by Crippen LogP contribution is 2.24. The maximum absolute atomic E-state index is 11.9. The third-order valence-electron chi connectivity index (χ3n) is 2.58. The molecule has 6 nitrogen and oxygen atoms in total. The normalized spacial score (nSPS) is 14.2. The molecular formula is C14H20N2O4. The van der Waals surface area contributed by atoms with E-state index in [1.165, 1.54) is 6.20 Å². The summed E-state index contributed by atoms with van der Waals surface area (Å²) in [4.78, 5) is 26.9. The first-order chi connectivity index (χ1) is 9.12. The Hall–Kier alpha value is -2.11. The number of ether oxygens (including phenoxy) is 1. The summed E-state index contributed by atoms with van der Waals surface area (Å²) in [6.07, 6.45) is 2.18. The fourth-order valence-corrected chi connectivity index (χ4v) is 1.74. The molecule has 0 aromatic carbocycles. The summed E-state index contributed by atoms with van der Waals surface area (Å²) in [5.74, 6) is -1.02. The molecule has 20 heavy (non-hydrogen) atoms. The van der Waals surface area contributed by atoms with Crippen molar-refractivity contribution in [1.29, 1.82) is 0 Å². The van der Waals surface area contributed by atoms with Gasteiger partial charge in [-0.1, -0.05) is 6.07 Å². The molecule has 0 radical (unpaired) electrons. The predicted molar refractivity (Wildman–Crippen MR) is 73.2 cm³/mol. The van der Waals surface area contributed by atoms with Crippen molar-refractivity contribution in [2.75, 3.05) is 0 Å². The van der Waals surface area contributed by atoms with Gasteiger partial charge in [0.2, 0.25) is 0 Å². The van der Waals surface area contributed by atoms with E-state index < -0.39 is 23.2 Å². The fourth-order valence-electron chi connectivity index (χ4n) is 1.74. The van der Waals surface area contributed by atoms with Gasteiger partial charge in [-0.3, -0.25) is 9.78 Å². The van der Waals surface area contributed by atoms with Gasteiger partial charge in [0.1, 0.15) is 5.60 Å². The van der Waals surface area contributed by atoms with Gasteiger partial charge in [-0.05, 0) is 39.3 Å². The zero-order valence-corrected chi connectivity index (χ0v) is 12.1. The molecule has 0 aliphatic carbocycles. The first-order valence-electron chi connectivity index (χ1n) is 6.26. The lowest BCUT2D eigenvalue weighted by Crippen LogP contribution is -2.47. The molecule has 110 valence electrons. The summed E-state index contributed by atoms with van der Waals surface area (Å²) < 4.78 is 5.17. The van der Waals surface area contributed by atoms with Crippen molar-refractivity contribution in [2.24, 2.45) is 0 Å². The number of aromatic nitrogens is 1. The molecule has 0 fully saturated rings. The van der Waals surface area contributed by atoms with Crippen molar-refractivity contribution in [3.8, 4) is 0 Å². The van der Waals surface area contributed by atoms with Gasteiger partial charge in [0.25, 0.3) is 0 Å². The van der Waals surface area contributed by atoms with Crippen LogP contribution in [0, 0.1) is 0 Å². The van der Waals surface area contributed by atoms with Crippen LogP contribution in [0.4, 0.5) is 4.79 Å². The molecule has 6 heteroatoms. The molecule has 1 unspecified atom stereocenters. The number of nitrogens with zero attached hydrogens (tertiary/aromatic N) is 1. The van der Waals surface area contributed by atoms with Crippen LogP contribution in [-0.2, 0) is 15.1 Å². The Kier molecular flexibility index (Phi) is 4.70. The minimum absolute atomic E-state index is 0.266. The Bertz CT molecular complexity index is 482. The number of carboxylic acids is 1.